The summed E-state index contributed by atoms with van der Waals surface area (Å²) in [4.78, 5) is 22.2. The third-order valence-electron chi connectivity index (χ3n) is 7.18. The van der Waals surface area contributed by atoms with Crippen molar-refractivity contribution in [3.8, 4) is 0 Å². The Balaban J connectivity index is 4.12. The summed E-state index contributed by atoms with van der Waals surface area (Å²) in [6.45, 7) is 4.87. The second kappa shape index (κ2) is 31.7. The van der Waals surface area contributed by atoms with Gasteiger partial charge in [-0.25, -0.2) is 4.57 Å². The van der Waals surface area contributed by atoms with Crippen molar-refractivity contribution in [1.82, 2.24) is 0 Å². The van der Waals surface area contributed by atoms with E-state index in [1.165, 1.54) is 103 Å². The highest BCUT2D eigenvalue weighted by molar-refractivity contribution is 7.47. The first-order chi connectivity index (χ1) is 20.4. The molecule has 0 aliphatic carbocycles. The molecule has 0 aliphatic heterocycles. The second-order valence-corrected chi connectivity index (χ2v) is 12.8. The summed E-state index contributed by atoms with van der Waals surface area (Å²) in [5.74, 6) is -0.335. The Hall–Kier alpha value is -0.760. The van der Waals surface area contributed by atoms with Gasteiger partial charge in [0.1, 0.15) is 6.10 Å². The number of unbranched alkanes of at least 4 members (excludes halogenated alkanes) is 18. The minimum absolute atomic E-state index is 0.0940. The monoisotopic (exact) mass is 619 g/mol. The van der Waals surface area contributed by atoms with E-state index in [2.05, 4.69) is 26.0 Å². The van der Waals surface area contributed by atoms with Crippen LogP contribution < -0.4 is 5.73 Å². The number of hydrogen-bond donors (Lipinski definition) is 2. The van der Waals surface area contributed by atoms with Crippen LogP contribution in [0.2, 0.25) is 0 Å². The molecule has 0 saturated carbocycles. The third-order valence-corrected chi connectivity index (χ3v) is 8.17. The van der Waals surface area contributed by atoms with Gasteiger partial charge >= 0.3 is 13.8 Å². The quantitative estimate of drug-likeness (QED) is 0.0323. The Morgan fingerprint density at radius 3 is 1.79 bits per heavy atom. The van der Waals surface area contributed by atoms with E-state index in [9.17, 15) is 14.3 Å². The molecule has 0 heterocycles. The smallest absolute Gasteiger partial charge is 0.457 e. The topological polar surface area (TPSA) is 117 Å². The number of carbonyl (C=O) groups is 1. The van der Waals surface area contributed by atoms with Crippen LogP contribution in [0.3, 0.4) is 0 Å². The zero-order valence-corrected chi connectivity index (χ0v) is 28.1. The highest BCUT2D eigenvalue weighted by Crippen LogP contribution is 2.43. The van der Waals surface area contributed by atoms with E-state index in [1.807, 2.05) is 0 Å². The van der Waals surface area contributed by atoms with Crippen LogP contribution >= 0.6 is 7.82 Å². The molecule has 2 unspecified atom stereocenters. The average Bonchev–Trinajstić information content (AvgIpc) is 2.97. The first-order valence-electron chi connectivity index (χ1n) is 17.2. The predicted molar refractivity (Wildman–Crippen MR) is 174 cm³/mol. The molecule has 3 N–H and O–H groups in total. The molecule has 0 amide bonds. The third kappa shape index (κ3) is 30.7. The number of esters is 1. The summed E-state index contributed by atoms with van der Waals surface area (Å²) in [6.07, 6.45) is 29.3. The van der Waals surface area contributed by atoms with E-state index in [0.29, 0.717) is 13.0 Å². The normalized spacial score (nSPS) is 13.9. The second-order valence-electron chi connectivity index (χ2n) is 11.4. The number of nitrogens with two attached hydrogens (primary N) is 1. The summed E-state index contributed by atoms with van der Waals surface area (Å²) in [5.41, 5.74) is 5.33. The maximum absolute atomic E-state index is 12.4. The fourth-order valence-electron chi connectivity index (χ4n) is 4.64. The van der Waals surface area contributed by atoms with Crippen LogP contribution in [-0.4, -0.2) is 49.9 Å². The lowest BCUT2D eigenvalue weighted by Gasteiger charge is -2.20. The standard InChI is InChI=1S/C33H66NO7P/c1-3-5-7-9-11-13-15-16-17-19-21-23-25-28-38-30-32(31-40-42(36,37)39-29-27-34)41-33(35)26-24-22-20-18-14-12-10-8-6-4-2/h11,13,32H,3-10,12,14-31,34H2,1-2H3,(H,36,37)/b13-11-. The first-order valence-corrected chi connectivity index (χ1v) is 18.7. The van der Waals surface area contributed by atoms with Crippen molar-refractivity contribution in [3.63, 3.8) is 0 Å². The lowest BCUT2D eigenvalue weighted by atomic mass is 10.1. The summed E-state index contributed by atoms with van der Waals surface area (Å²) in [5, 5.41) is 0. The Bertz CT molecular complexity index is 662. The molecule has 0 aliphatic rings. The number of phosphoric ester groups is 1. The maximum atomic E-state index is 12.4. The number of allylic oxidation sites excluding steroid dienone is 2. The Kier molecular flexibility index (Phi) is 31.1. The largest absolute Gasteiger partial charge is 0.472 e. The van der Waals surface area contributed by atoms with E-state index in [-0.39, 0.29) is 32.3 Å². The average molecular weight is 620 g/mol. The predicted octanol–water partition coefficient (Wildman–Crippen LogP) is 9.19. The lowest BCUT2D eigenvalue weighted by Crippen LogP contribution is -2.28. The van der Waals surface area contributed by atoms with E-state index in [4.69, 9.17) is 24.3 Å². The molecule has 0 aromatic carbocycles. The van der Waals surface area contributed by atoms with Crippen LogP contribution in [-0.2, 0) is 27.9 Å². The molecule has 250 valence electrons. The molecule has 0 fully saturated rings. The molecule has 8 nitrogen and oxygen atoms in total. The summed E-state index contributed by atoms with van der Waals surface area (Å²) in [6, 6.07) is 0. The Morgan fingerprint density at radius 1 is 0.690 bits per heavy atom. The van der Waals surface area contributed by atoms with Gasteiger partial charge in [-0.3, -0.25) is 13.8 Å². The Morgan fingerprint density at radius 2 is 1.19 bits per heavy atom. The molecule has 0 aromatic heterocycles. The van der Waals surface area contributed by atoms with Crippen molar-refractivity contribution < 1.29 is 32.8 Å². The number of phosphoric acid groups is 1. The lowest BCUT2D eigenvalue weighted by molar-refractivity contribution is -0.154. The molecular weight excluding hydrogens is 553 g/mol. The van der Waals surface area contributed by atoms with Gasteiger partial charge in [-0.1, -0.05) is 122 Å². The summed E-state index contributed by atoms with van der Waals surface area (Å²) < 4.78 is 33.1. The van der Waals surface area contributed by atoms with Crippen LogP contribution in [0.4, 0.5) is 0 Å². The number of carbonyl (C=O) groups excluding carboxylic acids is 1. The molecule has 0 aromatic rings. The van der Waals surface area contributed by atoms with Gasteiger partial charge in [0.25, 0.3) is 0 Å². The van der Waals surface area contributed by atoms with Crippen LogP contribution in [0.25, 0.3) is 0 Å². The number of ether oxygens (including phenoxy) is 2. The zero-order chi connectivity index (χ0) is 31.0. The van der Waals surface area contributed by atoms with Crippen molar-refractivity contribution in [2.24, 2.45) is 5.73 Å². The minimum atomic E-state index is -4.26. The van der Waals surface area contributed by atoms with Gasteiger partial charge in [0.05, 0.1) is 19.8 Å². The van der Waals surface area contributed by atoms with Crippen molar-refractivity contribution in [2.75, 3.05) is 33.0 Å². The van der Waals surface area contributed by atoms with Crippen molar-refractivity contribution in [3.05, 3.63) is 12.2 Å². The van der Waals surface area contributed by atoms with E-state index in [0.717, 1.165) is 32.1 Å². The molecule has 0 rings (SSSR count). The maximum Gasteiger partial charge on any atom is 0.472 e. The number of hydrogen-bond acceptors (Lipinski definition) is 7. The zero-order valence-electron chi connectivity index (χ0n) is 27.2. The van der Waals surface area contributed by atoms with E-state index >= 15 is 0 Å². The van der Waals surface area contributed by atoms with Crippen LogP contribution in [0.5, 0.6) is 0 Å². The molecule has 0 bridgehead atoms. The molecule has 2 atom stereocenters. The first kappa shape index (κ1) is 41.2. The van der Waals surface area contributed by atoms with Crippen LogP contribution in [0.1, 0.15) is 155 Å². The van der Waals surface area contributed by atoms with Gasteiger partial charge < -0.3 is 20.1 Å². The molecule has 0 saturated heterocycles. The van der Waals surface area contributed by atoms with E-state index < -0.39 is 13.9 Å². The van der Waals surface area contributed by atoms with Crippen LogP contribution in [0, 0.1) is 0 Å². The molecule has 0 radical (unpaired) electrons. The molecule has 9 heteroatoms. The van der Waals surface area contributed by atoms with Crippen molar-refractivity contribution >= 4 is 13.8 Å². The molecule has 42 heavy (non-hydrogen) atoms. The van der Waals surface area contributed by atoms with Gasteiger partial charge in [0.15, 0.2) is 0 Å². The van der Waals surface area contributed by atoms with Crippen molar-refractivity contribution in [1.29, 1.82) is 0 Å². The van der Waals surface area contributed by atoms with Crippen molar-refractivity contribution in [2.45, 2.75) is 161 Å². The summed E-state index contributed by atoms with van der Waals surface area (Å²) in [7, 11) is -4.26. The molecular formula is C33H66NO7P. The van der Waals surface area contributed by atoms with Gasteiger partial charge in [0, 0.05) is 19.6 Å². The summed E-state index contributed by atoms with van der Waals surface area (Å²) >= 11 is 0. The fraction of sp³-hybridized carbons (Fsp3) is 0.909. The highest BCUT2D eigenvalue weighted by atomic mass is 31.2. The Labute approximate surface area is 258 Å². The minimum Gasteiger partial charge on any atom is -0.457 e. The van der Waals surface area contributed by atoms with Gasteiger partial charge in [-0.2, -0.15) is 0 Å². The van der Waals surface area contributed by atoms with Gasteiger partial charge in [-0.15, -0.1) is 0 Å². The number of rotatable bonds is 33. The molecule has 0 spiro atoms. The highest BCUT2D eigenvalue weighted by Gasteiger charge is 2.25. The van der Waals surface area contributed by atoms with Gasteiger partial charge in [0.2, 0.25) is 0 Å². The van der Waals surface area contributed by atoms with Gasteiger partial charge in [-0.05, 0) is 38.5 Å². The SMILES string of the molecule is CCCCC/C=C\CCCCCCCCOCC(COP(=O)(O)OCCN)OC(=O)CCCCCCCCCCCC. The fourth-order valence-corrected chi connectivity index (χ4v) is 5.40. The van der Waals surface area contributed by atoms with E-state index in [1.54, 1.807) is 0 Å². The van der Waals surface area contributed by atoms with Crippen LogP contribution in [0.15, 0.2) is 12.2 Å².